The van der Waals surface area contributed by atoms with Gasteiger partial charge in [-0.15, -0.1) is 11.3 Å². The number of hydrogen-bond acceptors (Lipinski definition) is 6. The molecule has 2 aromatic rings. The first-order valence-electron chi connectivity index (χ1n) is 7.18. The number of rotatable bonds is 2. The Morgan fingerprint density at radius 2 is 2.24 bits per heavy atom. The van der Waals surface area contributed by atoms with Crippen LogP contribution in [-0.2, 0) is 0 Å². The Labute approximate surface area is 126 Å². The van der Waals surface area contributed by atoms with E-state index in [0.29, 0.717) is 17.6 Å². The number of aromatic nitrogens is 1. The Bertz CT molecular complexity index is 707. The number of nitrogens with one attached hydrogen (secondary N) is 2. The van der Waals surface area contributed by atoms with Crippen LogP contribution in [0.2, 0.25) is 0 Å². The van der Waals surface area contributed by atoms with Gasteiger partial charge in [0.1, 0.15) is 9.71 Å². The summed E-state index contributed by atoms with van der Waals surface area (Å²) in [6, 6.07) is 2.39. The summed E-state index contributed by atoms with van der Waals surface area (Å²) in [5, 5.41) is 7.87. The molecule has 4 N–H and O–H groups in total. The van der Waals surface area contributed by atoms with Gasteiger partial charge in [0.05, 0.1) is 17.7 Å². The average Bonchev–Trinajstić information content (AvgIpc) is 2.91. The van der Waals surface area contributed by atoms with Gasteiger partial charge < -0.3 is 21.3 Å². The molecule has 6 nitrogen and oxygen atoms in total. The van der Waals surface area contributed by atoms with E-state index in [1.165, 1.54) is 11.3 Å². The SMILES string of the molecule is NC(=O)c1sc2nccc3c2c1N(C1CCNCC1)CN3. The van der Waals surface area contributed by atoms with Crippen LogP contribution in [-0.4, -0.2) is 36.7 Å². The molecule has 1 fully saturated rings. The van der Waals surface area contributed by atoms with Gasteiger partial charge in [-0.1, -0.05) is 0 Å². The Balaban J connectivity index is 1.89. The van der Waals surface area contributed by atoms with Crippen molar-refractivity contribution < 1.29 is 4.79 Å². The summed E-state index contributed by atoms with van der Waals surface area (Å²) < 4.78 is 0. The van der Waals surface area contributed by atoms with Crippen LogP contribution in [0.1, 0.15) is 22.5 Å². The highest BCUT2D eigenvalue weighted by atomic mass is 32.1. The number of nitrogens with two attached hydrogens (primary N) is 1. The summed E-state index contributed by atoms with van der Waals surface area (Å²) in [6.07, 6.45) is 3.93. The molecular weight excluding hydrogens is 286 g/mol. The quantitative estimate of drug-likeness (QED) is 0.780. The smallest absolute Gasteiger partial charge is 0.261 e. The Morgan fingerprint density at radius 1 is 1.43 bits per heavy atom. The van der Waals surface area contributed by atoms with Gasteiger partial charge in [0.2, 0.25) is 0 Å². The second-order valence-electron chi connectivity index (χ2n) is 5.47. The monoisotopic (exact) mass is 303 g/mol. The summed E-state index contributed by atoms with van der Waals surface area (Å²) in [5.74, 6) is -0.361. The summed E-state index contributed by atoms with van der Waals surface area (Å²) in [5.41, 5.74) is 7.63. The average molecular weight is 303 g/mol. The fourth-order valence-corrected chi connectivity index (χ4v) is 4.31. The second-order valence-corrected chi connectivity index (χ2v) is 6.47. The van der Waals surface area contributed by atoms with Gasteiger partial charge >= 0.3 is 0 Å². The van der Waals surface area contributed by atoms with Crippen LogP contribution in [0.25, 0.3) is 10.2 Å². The molecule has 0 aliphatic carbocycles. The molecule has 7 heteroatoms. The molecule has 0 radical (unpaired) electrons. The number of thiophene rings is 1. The van der Waals surface area contributed by atoms with Crippen molar-refractivity contribution in [1.29, 1.82) is 0 Å². The largest absolute Gasteiger partial charge is 0.367 e. The lowest BCUT2D eigenvalue weighted by Gasteiger charge is -2.39. The van der Waals surface area contributed by atoms with Crippen LogP contribution in [0.5, 0.6) is 0 Å². The highest BCUT2D eigenvalue weighted by Crippen LogP contribution is 2.44. The topological polar surface area (TPSA) is 83.3 Å². The number of amides is 1. The first kappa shape index (κ1) is 12.8. The standard InChI is InChI=1S/C14H17N5OS/c15-13(20)12-11-10-9(3-6-17-14(10)21-12)18-7-19(11)8-1-4-16-5-2-8/h3,6,8,16,18H,1-2,4-5,7H2,(H2,15,20). The van der Waals surface area contributed by atoms with Gasteiger partial charge in [-0.25, -0.2) is 4.98 Å². The van der Waals surface area contributed by atoms with Gasteiger partial charge in [0.25, 0.3) is 5.91 Å². The lowest BCUT2D eigenvalue weighted by Crippen LogP contribution is -2.47. The number of primary amides is 1. The van der Waals surface area contributed by atoms with Crippen LogP contribution in [0, 0.1) is 0 Å². The van der Waals surface area contributed by atoms with E-state index >= 15 is 0 Å². The predicted molar refractivity (Wildman–Crippen MR) is 85.0 cm³/mol. The zero-order valence-corrected chi connectivity index (χ0v) is 12.4. The van der Waals surface area contributed by atoms with E-state index < -0.39 is 0 Å². The van der Waals surface area contributed by atoms with Crippen molar-refractivity contribution in [2.75, 3.05) is 30.0 Å². The summed E-state index contributed by atoms with van der Waals surface area (Å²) in [4.78, 5) is 20.1. The molecule has 1 amide bonds. The maximum absolute atomic E-state index is 11.9. The third-order valence-electron chi connectivity index (χ3n) is 4.27. The lowest BCUT2D eigenvalue weighted by molar-refractivity contribution is 0.100. The fourth-order valence-electron chi connectivity index (χ4n) is 3.28. The van der Waals surface area contributed by atoms with Crippen LogP contribution in [0.4, 0.5) is 11.4 Å². The van der Waals surface area contributed by atoms with E-state index in [2.05, 4.69) is 20.5 Å². The zero-order chi connectivity index (χ0) is 14.4. The molecule has 1 saturated heterocycles. The Morgan fingerprint density at radius 3 is 3.00 bits per heavy atom. The Kier molecular flexibility index (Phi) is 2.97. The number of carbonyl (C=O) groups excluding carboxylic acids is 1. The third kappa shape index (κ3) is 1.96. The molecule has 4 rings (SSSR count). The molecule has 2 aliphatic heterocycles. The minimum Gasteiger partial charge on any atom is -0.367 e. The number of carbonyl (C=O) groups is 1. The van der Waals surface area contributed by atoms with E-state index in [-0.39, 0.29) is 5.91 Å². The second kappa shape index (κ2) is 4.85. The number of piperidine rings is 1. The van der Waals surface area contributed by atoms with E-state index in [1.807, 2.05) is 6.07 Å². The normalized spacial score (nSPS) is 18.8. The maximum atomic E-state index is 11.9. The van der Waals surface area contributed by atoms with Gasteiger partial charge in [-0.3, -0.25) is 4.79 Å². The minimum absolute atomic E-state index is 0.361. The van der Waals surface area contributed by atoms with Gasteiger partial charge in [0, 0.05) is 17.9 Å². The highest BCUT2D eigenvalue weighted by molar-refractivity contribution is 7.21. The highest BCUT2D eigenvalue weighted by Gasteiger charge is 2.32. The minimum atomic E-state index is -0.361. The molecule has 0 spiro atoms. The molecule has 2 aromatic heterocycles. The molecule has 4 heterocycles. The van der Waals surface area contributed by atoms with Gasteiger partial charge in [0.15, 0.2) is 0 Å². The molecule has 110 valence electrons. The lowest BCUT2D eigenvalue weighted by atomic mass is 10.0. The fraction of sp³-hybridized carbons (Fsp3) is 0.429. The van der Waals surface area contributed by atoms with E-state index in [4.69, 9.17) is 5.73 Å². The van der Waals surface area contributed by atoms with E-state index in [1.54, 1.807) is 6.20 Å². The summed E-state index contributed by atoms with van der Waals surface area (Å²) >= 11 is 1.40. The van der Waals surface area contributed by atoms with Crippen molar-refractivity contribution in [2.24, 2.45) is 5.73 Å². The molecule has 0 aromatic carbocycles. The van der Waals surface area contributed by atoms with Crippen molar-refractivity contribution in [3.8, 4) is 0 Å². The van der Waals surface area contributed by atoms with Crippen LogP contribution in [0.15, 0.2) is 12.3 Å². The zero-order valence-electron chi connectivity index (χ0n) is 11.6. The van der Waals surface area contributed by atoms with Crippen LogP contribution in [0.3, 0.4) is 0 Å². The van der Waals surface area contributed by atoms with Crippen molar-refractivity contribution in [1.82, 2.24) is 10.3 Å². The summed E-state index contributed by atoms with van der Waals surface area (Å²) in [6.45, 7) is 2.74. The molecule has 0 atom stereocenters. The molecule has 0 bridgehead atoms. The van der Waals surface area contributed by atoms with Gasteiger partial charge in [-0.05, 0) is 32.0 Å². The Hall–Kier alpha value is -1.86. The third-order valence-corrected chi connectivity index (χ3v) is 5.37. The van der Waals surface area contributed by atoms with Crippen LogP contribution >= 0.6 is 11.3 Å². The van der Waals surface area contributed by atoms with Crippen molar-refractivity contribution in [3.05, 3.63) is 17.1 Å². The molecular formula is C14H17N5OS. The number of hydrogen-bond donors (Lipinski definition) is 3. The summed E-state index contributed by atoms with van der Waals surface area (Å²) in [7, 11) is 0. The van der Waals surface area contributed by atoms with Crippen molar-refractivity contribution in [3.63, 3.8) is 0 Å². The van der Waals surface area contributed by atoms with Crippen molar-refractivity contribution in [2.45, 2.75) is 18.9 Å². The maximum Gasteiger partial charge on any atom is 0.261 e. The first-order chi connectivity index (χ1) is 10.3. The van der Waals surface area contributed by atoms with E-state index in [9.17, 15) is 4.79 Å². The molecule has 0 unspecified atom stereocenters. The molecule has 21 heavy (non-hydrogen) atoms. The number of anilines is 2. The van der Waals surface area contributed by atoms with E-state index in [0.717, 1.165) is 47.5 Å². The predicted octanol–water partition coefficient (Wildman–Crippen LogP) is 1.34. The van der Waals surface area contributed by atoms with Gasteiger partial charge in [-0.2, -0.15) is 0 Å². The first-order valence-corrected chi connectivity index (χ1v) is 8.00. The molecule has 2 aliphatic rings. The molecule has 0 saturated carbocycles. The van der Waals surface area contributed by atoms with Crippen molar-refractivity contribution >= 4 is 38.8 Å². The number of pyridine rings is 1. The number of nitrogens with zero attached hydrogens (tertiary/aromatic N) is 2. The van der Waals surface area contributed by atoms with Crippen LogP contribution < -0.4 is 21.3 Å².